The number of carboxylic acid groups (broad SMARTS) is 1. The number of halogens is 1. The number of rotatable bonds is 8. The zero-order chi connectivity index (χ0) is 24.1. The second-order valence-corrected chi connectivity index (χ2v) is 8.15. The van der Waals surface area contributed by atoms with E-state index in [0.717, 1.165) is 22.3 Å². The van der Waals surface area contributed by atoms with Crippen molar-refractivity contribution in [2.24, 2.45) is 0 Å². The van der Waals surface area contributed by atoms with Crippen molar-refractivity contribution in [3.63, 3.8) is 0 Å². The molecule has 0 fully saturated rings. The summed E-state index contributed by atoms with van der Waals surface area (Å²) >= 11 is 6.25. The summed E-state index contributed by atoms with van der Waals surface area (Å²) in [7, 11) is 3.18. The molecule has 0 spiro atoms. The quantitative estimate of drug-likeness (QED) is 0.483. The Morgan fingerprint density at radius 2 is 1.61 bits per heavy atom. The minimum atomic E-state index is -1.13. The number of methoxy groups -OCH3 is 2. The third kappa shape index (κ3) is 5.46. The van der Waals surface area contributed by atoms with Crippen molar-refractivity contribution in [3.05, 3.63) is 81.9 Å². The molecular formula is C26H26ClNO5. The number of carbonyl (C=O) groups is 2. The molecule has 0 bridgehead atoms. The van der Waals surface area contributed by atoms with E-state index in [0.29, 0.717) is 22.1 Å². The minimum Gasteiger partial charge on any atom is -0.496 e. The lowest BCUT2D eigenvalue weighted by Crippen LogP contribution is -2.42. The maximum Gasteiger partial charge on any atom is 0.326 e. The molecule has 0 aliphatic heterocycles. The normalized spacial score (nSPS) is 11.5. The predicted octanol–water partition coefficient (Wildman–Crippen LogP) is 5.07. The van der Waals surface area contributed by atoms with E-state index in [-0.39, 0.29) is 12.0 Å². The average molecular weight is 468 g/mol. The number of aryl methyl sites for hydroxylation is 2. The lowest BCUT2D eigenvalue weighted by molar-refractivity contribution is -0.139. The molecule has 7 heteroatoms. The van der Waals surface area contributed by atoms with Gasteiger partial charge in [0.2, 0.25) is 0 Å². The number of aliphatic carboxylic acids is 1. The lowest BCUT2D eigenvalue weighted by atomic mass is 9.99. The van der Waals surface area contributed by atoms with Crippen molar-refractivity contribution in [1.82, 2.24) is 5.32 Å². The number of hydrogen-bond acceptors (Lipinski definition) is 4. The smallest absolute Gasteiger partial charge is 0.326 e. The Bertz CT molecular complexity index is 1130. The van der Waals surface area contributed by atoms with Gasteiger partial charge in [-0.15, -0.1) is 0 Å². The number of carboxylic acids is 1. The molecule has 0 aromatic heterocycles. The maximum atomic E-state index is 12.8. The van der Waals surface area contributed by atoms with Crippen molar-refractivity contribution in [1.29, 1.82) is 0 Å². The van der Waals surface area contributed by atoms with Crippen LogP contribution in [0.2, 0.25) is 5.02 Å². The van der Waals surface area contributed by atoms with E-state index in [1.807, 2.05) is 55.5 Å². The van der Waals surface area contributed by atoms with E-state index < -0.39 is 17.9 Å². The Labute approximate surface area is 198 Å². The molecule has 0 radical (unpaired) electrons. The zero-order valence-electron chi connectivity index (χ0n) is 18.9. The summed E-state index contributed by atoms with van der Waals surface area (Å²) in [5, 5.41) is 12.6. The minimum absolute atomic E-state index is 0.118. The van der Waals surface area contributed by atoms with Crippen molar-refractivity contribution in [2.45, 2.75) is 26.3 Å². The van der Waals surface area contributed by atoms with E-state index in [1.165, 1.54) is 0 Å². The van der Waals surface area contributed by atoms with Crippen LogP contribution in [-0.4, -0.2) is 37.2 Å². The van der Waals surface area contributed by atoms with Gasteiger partial charge in [-0.25, -0.2) is 4.79 Å². The molecule has 3 aromatic carbocycles. The van der Waals surface area contributed by atoms with Crippen molar-refractivity contribution in [3.8, 4) is 22.6 Å². The molecule has 1 amide bonds. The van der Waals surface area contributed by atoms with Crippen molar-refractivity contribution < 1.29 is 24.2 Å². The number of ether oxygens (including phenoxy) is 2. The van der Waals surface area contributed by atoms with Crippen LogP contribution < -0.4 is 14.8 Å². The Balaban J connectivity index is 1.82. The van der Waals surface area contributed by atoms with Gasteiger partial charge in [0.15, 0.2) is 0 Å². The molecule has 0 saturated carbocycles. The van der Waals surface area contributed by atoms with Gasteiger partial charge < -0.3 is 19.9 Å². The second kappa shape index (κ2) is 10.4. The molecule has 3 rings (SSSR count). The van der Waals surface area contributed by atoms with Crippen LogP contribution in [0.4, 0.5) is 0 Å². The third-order valence-electron chi connectivity index (χ3n) is 5.37. The van der Waals surface area contributed by atoms with E-state index in [4.69, 9.17) is 21.1 Å². The average Bonchev–Trinajstić information content (AvgIpc) is 2.77. The molecule has 0 aliphatic carbocycles. The lowest BCUT2D eigenvalue weighted by Gasteiger charge is -2.17. The van der Waals surface area contributed by atoms with Gasteiger partial charge in [-0.2, -0.15) is 0 Å². The molecule has 1 atom stereocenters. The third-order valence-corrected chi connectivity index (χ3v) is 5.67. The molecule has 33 heavy (non-hydrogen) atoms. The first kappa shape index (κ1) is 24.1. The topological polar surface area (TPSA) is 84.9 Å². The predicted molar refractivity (Wildman–Crippen MR) is 129 cm³/mol. The summed E-state index contributed by atoms with van der Waals surface area (Å²) in [4.78, 5) is 24.7. The Morgan fingerprint density at radius 1 is 1.00 bits per heavy atom. The second-order valence-electron chi connectivity index (χ2n) is 7.74. The Morgan fingerprint density at radius 3 is 2.12 bits per heavy atom. The van der Waals surface area contributed by atoms with Gasteiger partial charge in [-0.05, 0) is 54.3 Å². The van der Waals surface area contributed by atoms with Crippen molar-refractivity contribution >= 4 is 23.5 Å². The van der Waals surface area contributed by atoms with E-state index in [1.54, 1.807) is 27.2 Å². The number of benzene rings is 3. The highest BCUT2D eigenvalue weighted by molar-refractivity contribution is 6.34. The van der Waals surface area contributed by atoms with Crippen LogP contribution in [0, 0.1) is 13.8 Å². The summed E-state index contributed by atoms with van der Waals surface area (Å²) in [6, 6.07) is 15.3. The first-order chi connectivity index (χ1) is 15.7. The van der Waals surface area contributed by atoms with Gasteiger partial charge in [0, 0.05) is 6.42 Å². The molecular weight excluding hydrogens is 442 g/mol. The van der Waals surface area contributed by atoms with Gasteiger partial charge in [0.1, 0.15) is 17.5 Å². The summed E-state index contributed by atoms with van der Waals surface area (Å²) in [5.74, 6) is -0.300. The fourth-order valence-electron chi connectivity index (χ4n) is 3.81. The molecule has 6 nitrogen and oxygen atoms in total. The van der Waals surface area contributed by atoms with Gasteiger partial charge in [0.25, 0.3) is 5.91 Å². The van der Waals surface area contributed by atoms with Gasteiger partial charge in [0.05, 0.1) is 30.4 Å². The molecule has 3 aromatic rings. The number of hydrogen-bond donors (Lipinski definition) is 2. The van der Waals surface area contributed by atoms with Crippen LogP contribution in [0.5, 0.6) is 11.5 Å². The maximum absolute atomic E-state index is 12.8. The SMILES string of the molecule is COc1cccc(OC)c1-c1ccc(C[C@H](NC(=O)c2c(C)cc(C)cc2Cl)C(=O)O)cc1. The zero-order valence-corrected chi connectivity index (χ0v) is 19.7. The van der Waals surface area contributed by atoms with Gasteiger partial charge in [-0.3, -0.25) is 4.79 Å². The Hall–Kier alpha value is -3.51. The summed E-state index contributed by atoms with van der Waals surface area (Å²) < 4.78 is 10.9. The fourth-order valence-corrected chi connectivity index (χ4v) is 4.22. The summed E-state index contributed by atoms with van der Waals surface area (Å²) in [6.45, 7) is 3.65. The largest absolute Gasteiger partial charge is 0.496 e. The van der Waals surface area contributed by atoms with Crippen LogP contribution >= 0.6 is 11.6 Å². The highest BCUT2D eigenvalue weighted by Crippen LogP contribution is 2.38. The molecule has 0 unspecified atom stereocenters. The standard InChI is InChI=1S/C26H26ClNO5/c1-15-12-16(2)23(19(27)13-15)25(29)28-20(26(30)31)14-17-8-10-18(11-9-17)24-21(32-3)6-5-7-22(24)33-4/h5-13,20H,14H2,1-4H3,(H,28,29)(H,30,31)/t20-/m0/s1. The fraction of sp³-hybridized carbons (Fsp3) is 0.231. The van der Waals surface area contributed by atoms with Gasteiger partial charge in [-0.1, -0.05) is 48.0 Å². The molecule has 2 N–H and O–H groups in total. The Kier molecular flexibility index (Phi) is 7.61. The number of amides is 1. The highest BCUT2D eigenvalue weighted by Gasteiger charge is 2.24. The first-order valence-electron chi connectivity index (χ1n) is 10.4. The van der Waals surface area contributed by atoms with Crippen LogP contribution in [0.3, 0.4) is 0 Å². The van der Waals surface area contributed by atoms with Crippen molar-refractivity contribution in [2.75, 3.05) is 14.2 Å². The number of carbonyl (C=O) groups excluding carboxylic acids is 1. The highest BCUT2D eigenvalue weighted by atomic mass is 35.5. The van der Waals surface area contributed by atoms with Crippen LogP contribution in [-0.2, 0) is 11.2 Å². The summed E-state index contributed by atoms with van der Waals surface area (Å²) in [5.41, 5.74) is 4.33. The monoisotopic (exact) mass is 467 g/mol. The van der Waals surface area contributed by atoms with E-state index >= 15 is 0 Å². The first-order valence-corrected chi connectivity index (χ1v) is 10.7. The van der Waals surface area contributed by atoms with Crippen LogP contribution in [0.15, 0.2) is 54.6 Å². The number of nitrogens with one attached hydrogen (secondary N) is 1. The van der Waals surface area contributed by atoms with E-state index in [2.05, 4.69) is 5.32 Å². The molecule has 0 aliphatic rings. The molecule has 172 valence electrons. The van der Waals surface area contributed by atoms with Crippen LogP contribution in [0.25, 0.3) is 11.1 Å². The van der Waals surface area contributed by atoms with Crippen LogP contribution in [0.1, 0.15) is 27.0 Å². The van der Waals surface area contributed by atoms with Gasteiger partial charge >= 0.3 is 5.97 Å². The van der Waals surface area contributed by atoms with E-state index in [9.17, 15) is 14.7 Å². The molecule has 0 heterocycles. The summed E-state index contributed by atoms with van der Waals surface area (Å²) in [6.07, 6.45) is 0.118. The molecule has 0 saturated heterocycles.